The number of halogens is 5. The second-order valence-electron chi connectivity index (χ2n) is 9.93. The molecule has 1 atom stereocenters. The van der Waals surface area contributed by atoms with Crippen molar-refractivity contribution in [2.45, 2.75) is 43.2 Å². The summed E-state index contributed by atoms with van der Waals surface area (Å²) in [5.41, 5.74) is 1.28. The van der Waals surface area contributed by atoms with Gasteiger partial charge in [-0.05, 0) is 24.3 Å². The molecule has 4 aromatic rings. The van der Waals surface area contributed by atoms with Crippen LogP contribution < -0.4 is 9.47 Å². The Balaban J connectivity index is 1.49. The monoisotopic (exact) mass is 582 g/mol. The normalized spacial score (nSPS) is 18.7. The highest BCUT2D eigenvalue weighted by atomic mass is 32.2. The minimum atomic E-state index is -4.90. The Labute approximate surface area is 225 Å². The van der Waals surface area contributed by atoms with E-state index in [2.05, 4.69) is 19.4 Å². The second-order valence-corrected chi connectivity index (χ2v) is 12.1. The first kappa shape index (κ1) is 26.5. The number of alkyl halides is 5. The number of nitrogens with zero attached hydrogens (tertiary/aromatic N) is 4. The molecule has 2 aromatic heterocycles. The van der Waals surface area contributed by atoms with E-state index in [0.717, 1.165) is 25.0 Å². The van der Waals surface area contributed by atoms with Gasteiger partial charge >= 0.3 is 12.2 Å². The number of hydrogen-bond acceptors (Lipinski definition) is 6. The van der Waals surface area contributed by atoms with E-state index in [1.165, 1.54) is 30.2 Å². The van der Waals surface area contributed by atoms with Crippen molar-refractivity contribution >= 4 is 20.9 Å². The van der Waals surface area contributed by atoms with Crippen LogP contribution in [0.4, 0.5) is 22.0 Å². The van der Waals surface area contributed by atoms with Crippen molar-refractivity contribution in [2.24, 2.45) is 20.0 Å². The van der Waals surface area contributed by atoms with E-state index in [1.807, 2.05) is 0 Å². The van der Waals surface area contributed by atoms with Crippen molar-refractivity contribution in [3.05, 3.63) is 42.0 Å². The third-order valence-corrected chi connectivity index (χ3v) is 9.03. The lowest BCUT2D eigenvalue weighted by molar-refractivity contribution is -0.391. The van der Waals surface area contributed by atoms with Crippen LogP contribution in [0.1, 0.15) is 31.5 Å². The van der Waals surface area contributed by atoms with Crippen LogP contribution in [-0.2, 0) is 23.9 Å². The Morgan fingerprint density at radius 1 is 0.950 bits per heavy atom. The number of ether oxygens (including phenoxy) is 2. The Hall–Kier alpha value is -3.68. The molecule has 1 fully saturated rings. The van der Waals surface area contributed by atoms with E-state index in [-0.39, 0.29) is 45.1 Å². The summed E-state index contributed by atoms with van der Waals surface area (Å²) in [4.78, 5) is 8.99. The zero-order valence-corrected chi connectivity index (χ0v) is 22.3. The molecule has 0 N–H and O–H groups in total. The van der Waals surface area contributed by atoms with Gasteiger partial charge in [-0.2, -0.15) is 17.6 Å². The average molecular weight is 583 g/mol. The highest BCUT2D eigenvalue weighted by molar-refractivity contribution is 7.91. The Bertz CT molecular complexity index is 1760. The van der Waals surface area contributed by atoms with Crippen molar-refractivity contribution in [2.75, 3.05) is 5.75 Å². The first-order chi connectivity index (χ1) is 18.7. The predicted octanol–water partition coefficient (Wildman–Crippen LogP) is 5.81. The molecule has 3 heterocycles. The molecule has 0 saturated heterocycles. The second kappa shape index (κ2) is 8.66. The smallest absolute Gasteiger partial charge is 0.421 e. The number of aryl methyl sites for hydroxylation is 1. The topological polar surface area (TPSA) is 88.2 Å². The summed E-state index contributed by atoms with van der Waals surface area (Å²) >= 11 is 0. The van der Waals surface area contributed by atoms with Gasteiger partial charge in [-0.15, -0.1) is 0 Å². The molecule has 0 amide bonds. The molecular weight excluding hydrogens is 559 g/mol. The molecule has 2 aliphatic rings. The van der Waals surface area contributed by atoms with E-state index in [9.17, 15) is 30.4 Å². The number of rotatable bonds is 6. The van der Waals surface area contributed by atoms with Crippen molar-refractivity contribution < 1.29 is 39.8 Å². The molecule has 1 unspecified atom stereocenters. The molecule has 0 bridgehead atoms. The van der Waals surface area contributed by atoms with Crippen molar-refractivity contribution in [3.63, 3.8) is 0 Å². The van der Waals surface area contributed by atoms with Crippen LogP contribution >= 0.6 is 0 Å². The third-order valence-electron chi connectivity index (χ3n) is 7.21. The third kappa shape index (κ3) is 4.02. The van der Waals surface area contributed by atoms with Gasteiger partial charge in [0.2, 0.25) is 0 Å². The summed E-state index contributed by atoms with van der Waals surface area (Å²) in [5.74, 6) is -1.20. The first-order valence-electron chi connectivity index (χ1n) is 12.4. The van der Waals surface area contributed by atoms with Crippen LogP contribution in [0.15, 0.2) is 41.4 Å². The minimum absolute atomic E-state index is 0.0170. The van der Waals surface area contributed by atoms with Gasteiger partial charge in [-0.25, -0.2) is 22.8 Å². The SMILES string of the molecule is CCS(=O)(=O)c1c(-c2nc3cc4c(cc3n2C)OC(F)(F)C(F)(F)O4)nc(-c2ccc(C(F)C3CC3)cc2)n1C. The Morgan fingerprint density at radius 2 is 1.55 bits per heavy atom. The largest absolute Gasteiger partial charge is 0.507 e. The summed E-state index contributed by atoms with van der Waals surface area (Å²) in [5, 5.41) is -0.149. The van der Waals surface area contributed by atoms with Crippen LogP contribution in [-0.4, -0.2) is 45.5 Å². The molecule has 1 aliphatic carbocycles. The molecule has 1 aliphatic heterocycles. The van der Waals surface area contributed by atoms with Gasteiger partial charge in [-0.1, -0.05) is 31.2 Å². The van der Waals surface area contributed by atoms with Gasteiger partial charge < -0.3 is 18.6 Å². The van der Waals surface area contributed by atoms with Crippen molar-refractivity contribution in [1.82, 2.24) is 19.1 Å². The maximum atomic E-state index is 14.6. The van der Waals surface area contributed by atoms with Gasteiger partial charge in [0.05, 0.1) is 16.8 Å². The number of benzene rings is 2. The molecule has 6 rings (SSSR count). The van der Waals surface area contributed by atoms with Gasteiger partial charge in [0.1, 0.15) is 17.7 Å². The van der Waals surface area contributed by atoms with Crippen LogP contribution in [0.2, 0.25) is 0 Å². The maximum Gasteiger partial charge on any atom is 0.507 e. The molecule has 40 heavy (non-hydrogen) atoms. The average Bonchev–Trinajstić information content (AvgIpc) is 3.62. The summed E-state index contributed by atoms with van der Waals surface area (Å²) in [6.45, 7) is 1.47. The van der Waals surface area contributed by atoms with Gasteiger partial charge in [0, 0.05) is 31.8 Å². The summed E-state index contributed by atoms with van der Waals surface area (Å²) < 4.78 is 107. The number of hydrogen-bond donors (Lipinski definition) is 0. The van der Waals surface area contributed by atoms with Crippen LogP contribution in [0.25, 0.3) is 33.9 Å². The van der Waals surface area contributed by atoms with E-state index < -0.39 is 39.7 Å². The number of aromatic nitrogens is 4. The lowest BCUT2D eigenvalue weighted by atomic mass is 10.0. The van der Waals surface area contributed by atoms with E-state index in [4.69, 9.17) is 0 Å². The van der Waals surface area contributed by atoms with E-state index >= 15 is 0 Å². The molecule has 212 valence electrons. The molecule has 2 aromatic carbocycles. The van der Waals surface area contributed by atoms with E-state index in [1.54, 1.807) is 24.3 Å². The molecule has 0 spiro atoms. The van der Waals surface area contributed by atoms with Gasteiger partial charge in [0.25, 0.3) is 0 Å². The fraction of sp³-hybridized carbons (Fsp3) is 0.385. The quantitative estimate of drug-likeness (QED) is 0.267. The zero-order chi connectivity index (χ0) is 28.8. The summed E-state index contributed by atoms with van der Waals surface area (Å²) in [7, 11) is -0.857. The fourth-order valence-corrected chi connectivity index (χ4v) is 6.03. The van der Waals surface area contributed by atoms with Gasteiger partial charge in [0.15, 0.2) is 32.2 Å². The lowest BCUT2D eigenvalue weighted by Gasteiger charge is -2.31. The molecule has 1 saturated carbocycles. The first-order valence-corrected chi connectivity index (χ1v) is 14.1. The molecule has 0 radical (unpaired) electrons. The lowest BCUT2D eigenvalue weighted by Crippen LogP contribution is -2.52. The minimum Gasteiger partial charge on any atom is -0.421 e. The highest BCUT2D eigenvalue weighted by Crippen LogP contribution is 2.48. The van der Waals surface area contributed by atoms with Crippen LogP contribution in [0, 0.1) is 5.92 Å². The van der Waals surface area contributed by atoms with Crippen molar-refractivity contribution in [1.29, 1.82) is 0 Å². The highest BCUT2D eigenvalue weighted by Gasteiger charge is 2.66. The number of sulfone groups is 1. The molecular formula is C26H23F5N4O4S. The maximum absolute atomic E-state index is 14.6. The molecule has 14 heteroatoms. The zero-order valence-electron chi connectivity index (χ0n) is 21.5. The number of fused-ring (bicyclic) bond motifs is 2. The standard InChI is InChI=1S/C26H23F5N4O4S/c1-4-40(36,37)24-21(33-22(35(24)3)15-9-7-14(8-10-15)20(27)13-5-6-13)23-32-16-11-18-19(12-17(16)34(23)2)39-26(30,31)25(28,29)38-18/h7-13,20H,4-6H2,1-3H3. The van der Waals surface area contributed by atoms with Crippen molar-refractivity contribution in [3.8, 4) is 34.4 Å². The van der Waals surface area contributed by atoms with Crippen LogP contribution in [0.5, 0.6) is 11.5 Å². The van der Waals surface area contributed by atoms with Crippen LogP contribution in [0.3, 0.4) is 0 Å². The Morgan fingerprint density at radius 3 is 2.12 bits per heavy atom. The van der Waals surface area contributed by atoms with E-state index in [0.29, 0.717) is 11.1 Å². The van der Waals surface area contributed by atoms with Gasteiger partial charge in [-0.3, -0.25) is 0 Å². The fourth-order valence-electron chi connectivity index (χ4n) is 4.82. The Kier molecular flexibility index (Phi) is 5.74. The summed E-state index contributed by atoms with van der Waals surface area (Å²) in [6.07, 6.45) is -9.19. The number of imidazole rings is 2. The summed E-state index contributed by atoms with van der Waals surface area (Å²) in [6, 6.07) is 8.69. The molecule has 8 nitrogen and oxygen atoms in total. The predicted molar refractivity (Wildman–Crippen MR) is 134 cm³/mol.